The monoisotopic (exact) mass is 293 g/mol. The van der Waals surface area contributed by atoms with Crippen molar-refractivity contribution in [1.29, 1.82) is 0 Å². The number of hydrogen-bond donors (Lipinski definition) is 1. The molecule has 0 aliphatic carbocycles. The van der Waals surface area contributed by atoms with Crippen LogP contribution >= 0.6 is 22.9 Å². The Kier molecular flexibility index (Phi) is 5.44. The van der Waals surface area contributed by atoms with Gasteiger partial charge in [-0.3, -0.25) is 0 Å². The molecule has 0 aliphatic heterocycles. The maximum atomic E-state index is 5.96. The van der Waals surface area contributed by atoms with E-state index in [-0.39, 0.29) is 0 Å². The third-order valence-electron chi connectivity index (χ3n) is 3.34. The molecule has 2 rings (SSSR count). The fourth-order valence-electron chi connectivity index (χ4n) is 2.25. The molecule has 2 atom stereocenters. The SMILES string of the molecule is CCCC(NC(C)c1ccsc1)c1ccc(Cl)cc1. The standard InChI is InChI=1S/C16H20ClNS/c1-3-4-16(13-5-7-15(17)8-6-13)18-12(2)14-9-10-19-11-14/h5-12,16,18H,3-4H2,1-2H3. The van der Waals surface area contributed by atoms with Crippen molar-refractivity contribution >= 4 is 22.9 Å². The normalized spacial score (nSPS) is 14.3. The first-order valence-electron chi connectivity index (χ1n) is 6.74. The third-order valence-corrected chi connectivity index (χ3v) is 4.30. The van der Waals surface area contributed by atoms with E-state index in [2.05, 4.69) is 48.1 Å². The minimum absolute atomic E-state index is 0.374. The molecule has 0 amide bonds. The average Bonchev–Trinajstić information content (AvgIpc) is 2.93. The predicted octanol–water partition coefficient (Wildman–Crippen LogP) is 5.59. The summed E-state index contributed by atoms with van der Waals surface area (Å²) in [4.78, 5) is 0. The zero-order chi connectivity index (χ0) is 13.7. The van der Waals surface area contributed by atoms with E-state index in [1.165, 1.54) is 11.1 Å². The Morgan fingerprint density at radius 3 is 2.47 bits per heavy atom. The Labute approximate surface area is 124 Å². The second-order valence-corrected chi connectivity index (χ2v) is 6.05. The molecule has 0 spiro atoms. The van der Waals surface area contributed by atoms with E-state index in [9.17, 15) is 0 Å². The molecule has 3 heteroatoms. The number of halogens is 1. The predicted molar refractivity (Wildman–Crippen MR) is 85.0 cm³/mol. The highest BCUT2D eigenvalue weighted by Crippen LogP contribution is 2.25. The first kappa shape index (κ1) is 14.6. The summed E-state index contributed by atoms with van der Waals surface area (Å²) in [5.41, 5.74) is 2.67. The number of rotatable bonds is 6. The highest BCUT2D eigenvalue weighted by Gasteiger charge is 2.14. The van der Waals surface area contributed by atoms with Crippen molar-refractivity contribution < 1.29 is 0 Å². The van der Waals surface area contributed by atoms with Crippen molar-refractivity contribution in [3.8, 4) is 0 Å². The molecule has 1 heterocycles. The van der Waals surface area contributed by atoms with Crippen molar-refractivity contribution in [2.45, 2.75) is 38.8 Å². The van der Waals surface area contributed by atoms with Crippen LogP contribution < -0.4 is 5.32 Å². The van der Waals surface area contributed by atoms with Gasteiger partial charge in [0.15, 0.2) is 0 Å². The Morgan fingerprint density at radius 2 is 1.89 bits per heavy atom. The molecule has 0 bridgehead atoms. The molecule has 0 saturated carbocycles. The second-order valence-electron chi connectivity index (χ2n) is 4.84. The van der Waals surface area contributed by atoms with E-state index in [0.29, 0.717) is 12.1 Å². The van der Waals surface area contributed by atoms with Crippen molar-refractivity contribution in [2.24, 2.45) is 0 Å². The fraction of sp³-hybridized carbons (Fsp3) is 0.375. The van der Waals surface area contributed by atoms with Crippen LogP contribution in [0.4, 0.5) is 0 Å². The highest BCUT2D eigenvalue weighted by molar-refractivity contribution is 7.07. The van der Waals surface area contributed by atoms with E-state index in [1.807, 2.05) is 12.1 Å². The molecular weight excluding hydrogens is 274 g/mol. The smallest absolute Gasteiger partial charge is 0.0406 e. The lowest BCUT2D eigenvalue weighted by atomic mass is 10.0. The molecule has 0 aliphatic rings. The maximum absolute atomic E-state index is 5.96. The van der Waals surface area contributed by atoms with Gasteiger partial charge in [0, 0.05) is 17.1 Å². The number of nitrogens with one attached hydrogen (secondary N) is 1. The van der Waals surface area contributed by atoms with Gasteiger partial charge in [-0.2, -0.15) is 11.3 Å². The van der Waals surface area contributed by atoms with Gasteiger partial charge in [-0.1, -0.05) is 37.1 Å². The fourth-order valence-corrected chi connectivity index (χ4v) is 3.13. The molecule has 0 radical (unpaired) electrons. The van der Waals surface area contributed by atoms with Gasteiger partial charge in [0.25, 0.3) is 0 Å². The topological polar surface area (TPSA) is 12.0 Å². The third kappa shape index (κ3) is 4.07. The first-order valence-corrected chi connectivity index (χ1v) is 8.06. The van der Waals surface area contributed by atoms with Crippen LogP contribution in [0.1, 0.15) is 49.9 Å². The van der Waals surface area contributed by atoms with Crippen LogP contribution in [0.5, 0.6) is 0 Å². The number of hydrogen-bond acceptors (Lipinski definition) is 2. The molecule has 1 aromatic heterocycles. The molecule has 1 nitrogen and oxygen atoms in total. The van der Waals surface area contributed by atoms with Crippen LogP contribution in [-0.4, -0.2) is 0 Å². The van der Waals surface area contributed by atoms with Crippen molar-refractivity contribution in [1.82, 2.24) is 5.32 Å². The Morgan fingerprint density at radius 1 is 1.16 bits per heavy atom. The summed E-state index contributed by atoms with van der Waals surface area (Å²) in [6, 6.07) is 11.1. The summed E-state index contributed by atoms with van der Waals surface area (Å²) in [6.07, 6.45) is 2.30. The van der Waals surface area contributed by atoms with Gasteiger partial charge >= 0.3 is 0 Å². The largest absolute Gasteiger partial charge is 0.303 e. The van der Waals surface area contributed by atoms with Gasteiger partial charge < -0.3 is 5.32 Å². The van der Waals surface area contributed by atoms with Gasteiger partial charge in [-0.05, 0) is 53.4 Å². The number of thiophene rings is 1. The Bertz CT molecular complexity index is 478. The van der Waals surface area contributed by atoms with E-state index in [1.54, 1.807) is 11.3 Å². The number of benzene rings is 1. The molecular formula is C16H20ClNS. The summed E-state index contributed by atoms with van der Waals surface area (Å²) in [6.45, 7) is 4.44. The summed E-state index contributed by atoms with van der Waals surface area (Å²) >= 11 is 7.71. The van der Waals surface area contributed by atoms with Gasteiger partial charge in [-0.15, -0.1) is 0 Å². The van der Waals surface area contributed by atoms with Crippen LogP contribution in [-0.2, 0) is 0 Å². The minimum Gasteiger partial charge on any atom is -0.303 e. The minimum atomic E-state index is 0.374. The molecule has 0 fully saturated rings. The maximum Gasteiger partial charge on any atom is 0.0406 e. The van der Waals surface area contributed by atoms with Crippen LogP contribution in [0.3, 0.4) is 0 Å². The lowest BCUT2D eigenvalue weighted by Gasteiger charge is -2.23. The molecule has 1 N–H and O–H groups in total. The van der Waals surface area contributed by atoms with Gasteiger partial charge in [0.05, 0.1) is 0 Å². The van der Waals surface area contributed by atoms with E-state index in [4.69, 9.17) is 11.6 Å². The lowest BCUT2D eigenvalue weighted by molar-refractivity contribution is 0.440. The van der Waals surface area contributed by atoms with E-state index >= 15 is 0 Å². The summed E-state index contributed by atoms with van der Waals surface area (Å²) < 4.78 is 0. The quantitative estimate of drug-likeness (QED) is 0.731. The highest BCUT2D eigenvalue weighted by atomic mass is 35.5. The van der Waals surface area contributed by atoms with E-state index < -0.39 is 0 Å². The lowest BCUT2D eigenvalue weighted by Crippen LogP contribution is -2.24. The van der Waals surface area contributed by atoms with Crippen LogP contribution in [0.25, 0.3) is 0 Å². The summed E-state index contributed by atoms with van der Waals surface area (Å²) in [5.74, 6) is 0. The van der Waals surface area contributed by atoms with Crippen molar-refractivity contribution in [3.63, 3.8) is 0 Å². The molecule has 2 unspecified atom stereocenters. The Hall–Kier alpha value is -0.830. The molecule has 102 valence electrons. The summed E-state index contributed by atoms with van der Waals surface area (Å²) in [5, 5.41) is 8.86. The van der Waals surface area contributed by atoms with Crippen molar-refractivity contribution in [3.05, 3.63) is 57.2 Å². The van der Waals surface area contributed by atoms with Gasteiger partial charge in [0.1, 0.15) is 0 Å². The zero-order valence-electron chi connectivity index (χ0n) is 11.4. The van der Waals surface area contributed by atoms with Crippen molar-refractivity contribution in [2.75, 3.05) is 0 Å². The molecule has 0 saturated heterocycles. The molecule has 19 heavy (non-hydrogen) atoms. The first-order chi connectivity index (χ1) is 9.20. The van der Waals surface area contributed by atoms with E-state index in [0.717, 1.165) is 17.9 Å². The molecule has 1 aromatic carbocycles. The van der Waals surface area contributed by atoms with Gasteiger partial charge in [-0.25, -0.2) is 0 Å². The average molecular weight is 294 g/mol. The second kappa shape index (κ2) is 7.09. The molecule has 2 aromatic rings. The zero-order valence-corrected chi connectivity index (χ0v) is 13.0. The van der Waals surface area contributed by atoms with Crippen LogP contribution in [0.2, 0.25) is 5.02 Å². The van der Waals surface area contributed by atoms with Gasteiger partial charge in [0.2, 0.25) is 0 Å². The Balaban J connectivity index is 2.09. The van der Waals surface area contributed by atoms with Crippen LogP contribution in [0.15, 0.2) is 41.1 Å². The van der Waals surface area contributed by atoms with Crippen LogP contribution in [0, 0.1) is 0 Å². The summed E-state index contributed by atoms with van der Waals surface area (Å²) in [7, 11) is 0.